The zero-order valence-electron chi connectivity index (χ0n) is 12.6. The van der Waals surface area contributed by atoms with Crippen molar-refractivity contribution in [2.24, 2.45) is 0 Å². The molecule has 0 spiro atoms. The molecule has 1 N–H and O–H groups in total. The fourth-order valence-electron chi connectivity index (χ4n) is 2.53. The minimum Gasteiger partial charge on any atom is -0.497 e. The normalized spacial score (nSPS) is 17.5. The average Bonchev–Trinajstić information content (AvgIpc) is 3.24. The molecule has 1 fully saturated rings. The molecule has 2 aromatic heterocycles. The number of ether oxygens (including phenoxy) is 2. The molecule has 23 heavy (non-hydrogen) atoms. The van der Waals surface area contributed by atoms with Gasteiger partial charge < -0.3 is 14.8 Å². The first-order valence-corrected chi connectivity index (χ1v) is 7.40. The van der Waals surface area contributed by atoms with E-state index in [1.807, 2.05) is 24.3 Å². The van der Waals surface area contributed by atoms with Crippen LogP contribution in [-0.4, -0.2) is 51.3 Å². The largest absolute Gasteiger partial charge is 0.497 e. The fourth-order valence-corrected chi connectivity index (χ4v) is 2.53. The molecule has 1 atom stereocenters. The monoisotopic (exact) mass is 312 g/mol. The van der Waals surface area contributed by atoms with Crippen LogP contribution in [0.25, 0.3) is 16.9 Å². The van der Waals surface area contributed by atoms with Crippen LogP contribution in [0.5, 0.6) is 5.75 Å². The number of anilines is 1. The minimum absolute atomic E-state index is 0.248. The van der Waals surface area contributed by atoms with Gasteiger partial charge in [0.2, 0.25) is 5.95 Å². The van der Waals surface area contributed by atoms with Crippen LogP contribution in [0.3, 0.4) is 0 Å². The maximum Gasteiger partial charge on any atom is 0.225 e. The van der Waals surface area contributed by atoms with Gasteiger partial charge in [0.15, 0.2) is 11.2 Å². The number of aromatic nitrogens is 5. The molecule has 4 rings (SSSR count). The highest BCUT2D eigenvalue weighted by atomic mass is 16.5. The van der Waals surface area contributed by atoms with Crippen molar-refractivity contribution in [1.82, 2.24) is 25.0 Å². The number of methoxy groups -OCH3 is 1. The first kappa shape index (κ1) is 13.9. The first-order valence-electron chi connectivity index (χ1n) is 7.40. The molecule has 0 bridgehead atoms. The molecule has 1 aliphatic heterocycles. The topological polar surface area (TPSA) is 87.0 Å². The summed E-state index contributed by atoms with van der Waals surface area (Å²) >= 11 is 0. The smallest absolute Gasteiger partial charge is 0.225 e. The molecule has 1 aromatic carbocycles. The summed E-state index contributed by atoms with van der Waals surface area (Å²) in [4.78, 5) is 8.84. The van der Waals surface area contributed by atoms with E-state index >= 15 is 0 Å². The SMILES string of the molecule is COc1ccc(-n2nnc3cnc(N[C@H]4CCOC4)nc32)cc1. The second kappa shape index (κ2) is 5.81. The molecule has 1 aliphatic rings. The predicted molar refractivity (Wildman–Crippen MR) is 83.9 cm³/mol. The van der Waals surface area contributed by atoms with Gasteiger partial charge in [-0.05, 0) is 30.7 Å². The standard InChI is InChI=1S/C15H16N6O2/c1-22-12-4-2-11(3-5-12)21-14-13(19-20-21)8-16-15(18-14)17-10-6-7-23-9-10/h2-5,8,10H,6-7,9H2,1H3,(H,16,17,18)/t10-/m0/s1. The first-order chi connectivity index (χ1) is 11.3. The molecule has 0 saturated carbocycles. The van der Waals surface area contributed by atoms with Crippen LogP contribution in [0.15, 0.2) is 30.5 Å². The van der Waals surface area contributed by atoms with E-state index in [4.69, 9.17) is 9.47 Å². The fraction of sp³-hybridized carbons (Fsp3) is 0.333. The molecule has 0 amide bonds. The number of nitrogens with one attached hydrogen (secondary N) is 1. The summed E-state index contributed by atoms with van der Waals surface area (Å²) in [7, 11) is 1.64. The van der Waals surface area contributed by atoms with Crippen molar-refractivity contribution in [3.8, 4) is 11.4 Å². The summed E-state index contributed by atoms with van der Waals surface area (Å²) in [6, 6.07) is 7.82. The van der Waals surface area contributed by atoms with Crippen LogP contribution >= 0.6 is 0 Å². The molecule has 118 valence electrons. The third-order valence-corrected chi connectivity index (χ3v) is 3.77. The number of benzene rings is 1. The lowest BCUT2D eigenvalue weighted by Gasteiger charge is -2.10. The summed E-state index contributed by atoms with van der Waals surface area (Å²) in [5, 5.41) is 11.6. The van der Waals surface area contributed by atoms with Crippen LogP contribution in [0.2, 0.25) is 0 Å². The van der Waals surface area contributed by atoms with Crippen LogP contribution in [-0.2, 0) is 4.74 Å². The van der Waals surface area contributed by atoms with Gasteiger partial charge in [-0.3, -0.25) is 0 Å². The Labute approximate surface area is 132 Å². The van der Waals surface area contributed by atoms with Gasteiger partial charge in [-0.15, -0.1) is 5.10 Å². The van der Waals surface area contributed by atoms with Gasteiger partial charge in [-0.1, -0.05) is 5.21 Å². The minimum atomic E-state index is 0.248. The van der Waals surface area contributed by atoms with Crippen molar-refractivity contribution in [3.05, 3.63) is 30.5 Å². The molecule has 3 aromatic rings. The summed E-state index contributed by atoms with van der Waals surface area (Å²) in [6.45, 7) is 1.45. The molecule has 0 aliphatic carbocycles. The van der Waals surface area contributed by atoms with E-state index in [0.29, 0.717) is 23.7 Å². The lowest BCUT2D eigenvalue weighted by Crippen LogP contribution is -2.20. The molecule has 0 radical (unpaired) electrons. The van der Waals surface area contributed by atoms with Gasteiger partial charge >= 0.3 is 0 Å². The highest BCUT2D eigenvalue weighted by Crippen LogP contribution is 2.19. The van der Waals surface area contributed by atoms with Crippen LogP contribution < -0.4 is 10.1 Å². The average molecular weight is 312 g/mol. The number of fused-ring (bicyclic) bond motifs is 1. The maximum atomic E-state index is 5.36. The Morgan fingerprint density at radius 2 is 2.17 bits per heavy atom. The van der Waals surface area contributed by atoms with Gasteiger partial charge in [-0.25, -0.2) is 4.98 Å². The highest BCUT2D eigenvalue weighted by Gasteiger charge is 2.17. The Hall–Kier alpha value is -2.74. The van der Waals surface area contributed by atoms with Crippen molar-refractivity contribution in [2.75, 3.05) is 25.6 Å². The quantitative estimate of drug-likeness (QED) is 0.779. The molecule has 1 saturated heterocycles. The Kier molecular flexibility index (Phi) is 3.51. The molecular formula is C15H16N6O2. The van der Waals surface area contributed by atoms with Gasteiger partial charge in [0, 0.05) is 6.61 Å². The predicted octanol–water partition coefficient (Wildman–Crippen LogP) is 1.42. The molecular weight excluding hydrogens is 296 g/mol. The molecule has 0 unspecified atom stereocenters. The zero-order chi connectivity index (χ0) is 15.6. The van der Waals surface area contributed by atoms with Crippen LogP contribution in [0.4, 0.5) is 5.95 Å². The summed E-state index contributed by atoms with van der Waals surface area (Å²) in [5.41, 5.74) is 2.17. The molecule has 8 heteroatoms. The van der Waals surface area contributed by atoms with E-state index in [-0.39, 0.29) is 6.04 Å². The van der Waals surface area contributed by atoms with E-state index in [9.17, 15) is 0 Å². The van der Waals surface area contributed by atoms with E-state index in [1.54, 1.807) is 18.0 Å². The third kappa shape index (κ3) is 2.68. The van der Waals surface area contributed by atoms with Gasteiger partial charge in [0.05, 0.1) is 31.6 Å². The summed E-state index contributed by atoms with van der Waals surface area (Å²) in [6.07, 6.45) is 2.63. The zero-order valence-corrected chi connectivity index (χ0v) is 12.6. The van der Waals surface area contributed by atoms with Gasteiger partial charge in [0.25, 0.3) is 0 Å². The molecule has 8 nitrogen and oxygen atoms in total. The number of hydrogen-bond acceptors (Lipinski definition) is 7. The second-order valence-electron chi connectivity index (χ2n) is 5.31. The van der Waals surface area contributed by atoms with E-state index in [1.165, 1.54) is 0 Å². The highest BCUT2D eigenvalue weighted by molar-refractivity contribution is 5.72. The molecule has 3 heterocycles. The number of rotatable bonds is 4. The van der Waals surface area contributed by atoms with Crippen molar-refractivity contribution in [1.29, 1.82) is 0 Å². The van der Waals surface area contributed by atoms with E-state index in [2.05, 4.69) is 25.6 Å². The van der Waals surface area contributed by atoms with Crippen molar-refractivity contribution in [2.45, 2.75) is 12.5 Å². The Bertz CT molecular complexity index is 810. The Morgan fingerprint density at radius 3 is 2.91 bits per heavy atom. The van der Waals surface area contributed by atoms with Crippen molar-refractivity contribution < 1.29 is 9.47 Å². The van der Waals surface area contributed by atoms with Crippen molar-refractivity contribution in [3.63, 3.8) is 0 Å². The summed E-state index contributed by atoms with van der Waals surface area (Å²) in [5.74, 6) is 1.35. The second-order valence-corrected chi connectivity index (χ2v) is 5.31. The van der Waals surface area contributed by atoms with Crippen molar-refractivity contribution >= 4 is 17.1 Å². The number of hydrogen-bond donors (Lipinski definition) is 1. The maximum absolute atomic E-state index is 5.36. The van der Waals surface area contributed by atoms with Crippen LogP contribution in [0.1, 0.15) is 6.42 Å². The number of nitrogens with zero attached hydrogens (tertiary/aromatic N) is 5. The van der Waals surface area contributed by atoms with E-state index < -0.39 is 0 Å². The lowest BCUT2D eigenvalue weighted by atomic mass is 10.3. The van der Waals surface area contributed by atoms with Crippen LogP contribution in [0, 0.1) is 0 Å². The third-order valence-electron chi connectivity index (χ3n) is 3.77. The lowest BCUT2D eigenvalue weighted by molar-refractivity contribution is 0.195. The van der Waals surface area contributed by atoms with Gasteiger partial charge in [-0.2, -0.15) is 9.67 Å². The van der Waals surface area contributed by atoms with E-state index in [0.717, 1.165) is 24.5 Å². The summed E-state index contributed by atoms with van der Waals surface area (Å²) < 4.78 is 12.2. The van der Waals surface area contributed by atoms with Gasteiger partial charge in [0.1, 0.15) is 5.75 Å². The Morgan fingerprint density at radius 1 is 1.30 bits per heavy atom. The Balaban J connectivity index is 1.68.